The van der Waals surface area contributed by atoms with Crippen molar-refractivity contribution in [3.63, 3.8) is 0 Å². The molecule has 1 heterocycles. The van der Waals surface area contributed by atoms with Gasteiger partial charge in [-0.2, -0.15) is 0 Å². The maximum Gasteiger partial charge on any atom is 1.00 e. The molecule has 0 spiro atoms. The monoisotopic (exact) mass is 786 g/mol. The standard InChI is InChI=1S/C34H33N2O6P.Cu.HI/c1-26(37)22-34(2)23-32(38)35(34)25-43(28-15-6-3-7-16-28,29-17-8-4-9-18-29,30-19-10-5-11-20-30)33(39)42-24-27-14-12-13-21-31(27)36(40)41;;/h3-21H,22-25H2,1-2H3;;1H/q;+1;/p-1. The number of rotatable bonds is 11. The zero-order chi connectivity index (χ0) is 30.7. The predicted octanol–water partition coefficient (Wildman–Crippen LogP) is 2.69. The van der Waals surface area contributed by atoms with Crippen LogP contribution in [0.2, 0.25) is 0 Å². The van der Waals surface area contributed by atoms with Gasteiger partial charge >= 0.3 is 268 Å². The van der Waals surface area contributed by atoms with Gasteiger partial charge in [-0.05, 0) is 0 Å². The molecule has 1 unspecified atom stereocenters. The molecule has 238 valence electrons. The number of hydrogen-bond acceptors (Lipinski definition) is 6. The molecule has 4 aromatic rings. The van der Waals surface area contributed by atoms with Gasteiger partial charge in [0.25, 0.3) is 0 Å². The smallest absolute Gasteiger partial charge is 1.00 e. The molecule has 45 heavy (non-hydrogen) atoms. The summed E-state index contributed by atoms with van der Waals surface area (Å²) in [4.78, 5) is 54.1. The number of hydrogen-bond donors (Lipinski definition) is 0. The molecule has 11 heteroatoms. The molecule has 0 bridgehead atoms. The third-order valence-electron chi connectivity index (χ3n) is 8.46. The Morgan fingerprint density at radius 1 is 0.844 bits per heavy atom. The van der Waals surface area contributed by atoms with E-state index in [1.807, 2.05) is 97.9 Å². The summed E-state index contributed by atoms with van der Waals surface area (Å²) in [5, 5.41) is 13.8. The first-order valence-electron chi connectivity index (χ1n) is 14.0. The van der Waals surface area contributed by atoms with Gasteiger partial charge in [-0.1, -0.05) is 0 Å². The van der Waals surface area contributed by atoms with Gasteiger partial charge in [0.1, 0.15) is 0 Å². The number of nitro groups is 1. The summed E-state index contributed by atoms with van der Waals surface area (Å²) in [6.07, 6.45) is 0.305. The zero-order valence-electron chi connectivity index (χ0n) is 24.8. The van der Waals surface area contributed by atoms with Crippen LogP contribution in [0.3, 0.4) is 0 Å². The van der Waals surface area contributed by atoms with E-state index in [2.05, 4.69) is 0 Å². The summed E-state index contributed by atoms with van der Waals surface area (Å²) in [5.74, 6) is -0.217. The molecule has 1 aliphatic rings. The fraction of sp³-hybridized carbons (Fsp3) is 0.206. The second-order valence-electron chi connectivity index (χ2n) is 11.3. The van der Waals surface area contributed by atoms with E-state index in [9.17, 15) is 19.7 Å². The third-order valence-corrected chi connectivity index (χ3v) is 14.6. The Hall–Kier alpha value is -3.43. The molecule has 1 fully saturated rings. The number of ketones is 1. The van der Waals surface area contributed by atoms with Crippen molar-refractivity contribution in [3.05, 3.63) is 131 Å². The first-order valence-corrected chi connectivity index (χ1v) is 16.4. The Bertz CT molecular complexity index is 1590. The van der Waals surface area contributed by atoms with E-state index in [1.165, 1.54) is 13.0 Å². The van der Waals surface area contributed by atoms with Crippen LogP contribution in [0.15, 0.2) is 115 Å². The van der Waals surface area contributed by atoms with Crippen LogP contribution in [0.1, 0.15) is 32.3 Å². The van der Waals surface area contributed by atoms with Crippen LogP contribution in [0, 0.1) is 10.1 Å². The summed E-state index contributed by atoms with van der Waals surface area (Å²) >= 11 is 0. The molecule has 0 saturated carbocycles. The number of Topliss-reactive ketones (excluding diaryl/α,β-unsaturated/α-hetero) is 1. The Labute approximate surface area is 290 Å². The number of nitrogens with zero attached hydrogens (tertiary/aromatic N) is 2. The van der Waals surface area contributed by atoms with Crippen LogP contribution in [0.4, 0.5) is 10.5 Å². The number of likely N-dealkylation sites (tertiary alicyclic amines) is 1. The molecule has 0 N–H and O–H groups in total. The minimum atomic E-state index is -4.47. The van der Waals surface area contributed by atoms with Crippen molar-refractivity contribution >= 4 is 45.6 Å². The Kier molecular flexibility index (Phi) is 11.5. The van der Waals surface area contributed by atoms with Gasteiger partial charge < -0.3 is 24.0 Å². The van der Waals surface area contributed by atoms with Crippen molar-refractivity contribution in [2.24, 2.45) is 0 Å². The number of carbonyl (C=O) groups excluding carboxylic acids is 3. The van der Waals surface area contributed by atoms with E-state index in [0.29, 0.717) is 15.9 Å². The van der Waals surface area contributed by atoms with Crippen molar-refractivity contribution < 1.29 is 65.1 Å². The molecule has 1 saturated heterocycles. The van der Waals surface area contributed by atoms with E-state index in [4.69, 9.17) is 4.74 Å². The van der Waals surface area contributed by atoms with Gasteiger partial charge in [0.05, 0.1) is 0 Å². The molecule has 8 nitrogen and oxygen atoms in total. The van der Waals surface area contributed by atoms with Gasteiger partial charge in [-0.3, -0.25) is 0 Å². The van der Waals surface area contributed by atoms with Gasteiger partial charge in [0.15, 0.2) is 0 Å². The van der Waals surface area contributed by atoms with Gasteiger partial charge in [0.2, 0.25) is 0 Å². The quantitative estimate of drug-likeness (QED) is 0.0579. The second kappa shape index (κ2) is 14.3. The van der Waals surface area contributed by atoms with Crippen molar-refractivity contribution in [1.29, 1.82) is 0 Å². The molecule has 1 aliphatic heterocycles. The van der Waals surface area contributed by atoms with Crippen molar-refractivity contribution in [1.82, 2.24) is 4.90 Å². The maximum absolute atomic E-state index is 15.3. The minimum absolute atomic E-state index is 0. The van der Waals surface area contributed by atoms with E-state index < -0.39 is 22.8 Å². The number of nitro benzene ring substituents is 1. The van der Waals surface area contributed by atoms with Crippen molar-refractivity contribution in [2.75, 3.05) is 6.29 Å². The van der Waals surface area contributed by atoms with E-state index >= 15 is 4.79 Å². The average Bonchev–Trinajstić information content (AvgIpc) is 3.02. The van der Waals surface area contributed by atoms with Crippen LogP contribution >= 0.6 is 6.60 Å². The Morgan fingerprint density at radius 2 is 1.29 bits per heavy atom. The number of carbonyl (C=O) groups is 3. The summed E-state index contributed by atoms with van der Waals surface area (Å²) in [6.45, 7) is -1.43. The Morgan fingerprint density at radius 3 is 1.71 bits per heavy atom. The van der Waals surface area contributed by atoms with Crippen LogP contribution in [0.5, 0.6) is 0 Å². The molecule has 0 aromatic heterocycles. The zero-order valence-corrected chi connectivity index (χ0v) is 28.8. The average molecular weight is 787 g/mol. The number of halogens is 1. The molecule has 1 atom stereocenters. The number of β-lactam (4-membered cyclic amide) rings is 1. The normalized spacial score (nSPS) is 16.5. The number of benzene rings is 4. The first-order chi connectivity index (χ1) is 20.6. The summed E-state index contributed by atoms with van der Waals surface area (Å²) in [6, 6.07) is 34.2. The second-order valence-corrected chi connectivity index (χ2v) is 16.1. The molecule has 4 aromatic carbocycles. The minimum Gasteiger partial charge on any atom is -1.00 e. The third kappa shape index (κ3) is 6.21. The summed E-state index contributed by atoms with van der Waals surface area (Å²) in [7, 11) is 0. The van der Waals surface area contributed by atoms with Crippen LogP contribution in [-0.4, -0.2) is 39.0 Å². The molecular formula is C34H33CuIN2O6P. The number of ether oxygens (including phenoxy) is 1. The fourth-order valence-corrected chi connectivity index (χ4v) is 12.4. The van der Waals surface area contributed by atoms with Crippen LogP contribution < -0.4 is 39.9 Å². The van der Waals surface area contributed by atoms with Gasteiger partial charge in [-0.25, -0.2) is 0 Å². The molecular weight excluding hydrogens is 754 g/mol. The first kappa shape index (κ1) is 36.0. The summed E-state index contributed by atoms with van der Waals surface area (Å²) < 4.78 is 6.21. The van der Waals surface area contributed by atoms with Crippen LogP contribution in [-0.2, 0) is 38.0 Å². The topological polar surface area (TPSA) is 107 Å². The fourth-order valence-electron chi connectivity index (χ4n) is 6.38. The van der Waals surface area contributed by atoms with Crippen molar-refractivity contribution in [3.8, 4) is 0 Å². The molecule has 0 radical (unpaired) electrons. The summed E-state index contributed by atoms with van der Waals surface area (Å²) in [5.41, 5.74) is -1.25. The van der Waals surface area contributed by atoms with Gasteiger partial charge in [0, 0.05) is 0 Å². The van der Waals surface area contributed by atoms with E-state index in [-0.39, 0.29) is 89.7 Å². The van der Waals surface area contributed by atoms with E-state index in [0.717, 1.165) is 0 Å². The van der Waals surface area contributed by atoms with Crippen molar-refractivity contribution in [2.45, 2.75) is 38.8 Å². The van der Waals surface area contributed by atoms with Crippen LogP contribution in [0.25, 0.3) is 0 Å². The molecule has 0 aliphatic carbocycles. The van der Waals surface area contributed by atoms with E-state index in [1.54, 1.807) is 23.1 Å². The Balaban J connectivity index is 0.00000276. The SMILES string of the molecule is CC(=O)CC1(C)CC(=O)N1CP(C(=O)OCc1ccccc1[N+](=O)[O-])(c1ccccc1)(c1ccccc1)c1ccccc1.[Cu+].[I-]. The van der Waals surface area contributed by atoms with Gasteiger partial charge in [-0.15, -0.1) is 0 Å². The maximum atomic E-state index is 15.3. The predicted molar refractivity (Wildman–Crippen MR) is 168 cm³/mol. The molecule has 5 rings (SSSR count). The number of para-hydroxylation sites is 1. The molecule has 1 amide bonds. The number of amides is 1. The largest absolute Gasteiger partial charge is 1.00 e.